The molecule has 3 rings (SSSR count). The summed E-state index contributed by atoms with van der Waals surface area (Å²) in [4.78, 5) is 12.1. The zero-order valence-corrected chi connectivity index (χ0v) is 11.6. The molecule has 0 spiro atoms. The van der Waals surface area contributed by atoms with Crippen LogP contribution < -0.4 is 5.32 Å². The van der Waals surface area contributed by atoms with E-state index in [-0.39, 0.29) is 5.91 Å². The lowest BCUT2D eigenvalue weighted by molar-refractivity contribution is 0.0940. The Morgan fingerprint density at radius 3 is 2.95 bits per heavy atom. The molecule has 1 amide bonds. The predicted molar refractivity (Wildman–Crippen MR) is 75.4 cm³/mol. The molecule has 0 saturated heterocycles. The highest BCUT2D eigenvalue weighted by Gasteiger charge is 2.14. The number of thiophene rings is 1. The summed E-state index contributed by atoms with van der Waals surface area (Å²) < 4.78 is 8.46. The molecule has 5 heteroatoms. The summed E-state index contributed by atoms with van der Waals surface area (Å²) in [5, 5.41) is 4.90. The van der Waals surface area contributed by atoms with E-state index in [0.717, 1.165) is 21.7 Å². The van der Waals surface area contributed by atoms with Gasteiger partial charge in [-0.2, -0.15) is 0 Å². The van der Waals surface area contributed by atoms with E-state index in [0.29, 0.717) is 12.2 Å². The number of aromatic nitrogens is 1. The number of hydrogen-bond acceptors (Lipinski definition) is 3. The van der Waals surface area contributed by atoms with Crippen LogP contribution in [0.2, 0.25) is 0 Å². The van der Waals surface area contributed by atoms with Crippen molar-refractivity contribution in [2.75, 3.05) is 0 Å². The van der Waals surface area contributed by atoms with Gasteiger partial charge in [-0.05, 0) is 36.6 Å². The predicted octanol–water partition coefficient (Wildman–Crippen LogP) is 3.07. The Morgan fingerprint density at radius 2 is 2.26 bits per heavy atom. The normalized spacial score (nSPS) is 11.1. The maximum Gasteiger partial charge on any atom is 0.268 e. The molecule has 0 aliphatic rings. The van der Waals surface area contributed by atoms with Gasteiger partial charge in [-0.1, -0.05) is 0 Å². The molecule has 0 aliphatic heterocycles. The van der Waals surface area contributed by atoms with Crippen molar-refractivity contribution in [2.45, 2.75) is 13.5 Å². The smallest absolute Gasteiger partial charge is 0.268 e. The van der Waals surface area contributed by atoms with Crippen LogP contribution in [0.1, 0.15) is 22.0 Å². The summed E-state index contributed by atoms with van der Waals surface area (Å²) in [5.74, 6) is 1.53. The standard InChI is InChI=1S/C14H14N2O2S/c1-9-3-4-10(18-9)8-15-14(17)12-7-13-11(16(12)2)5-6-19-13/h3-7H,8H2,1-2H3,(H,15,17). The fourth-order valence-corrected chi connectivity index (χ4v) is 2.95. The highest BCUT2D eigenvalue weighted by atomic mass is 32.1. The van der Waals surface area contributed by atoms with E-state index in [1.807, 2.05) is 48.2 Å². The van der Waals surface area contributed by atoms with Gasteiger partial charge in [0.05, 0.1) is 16.8 Å². The van der Waals surface area contributed by atoms with Gasteiger partial charge in [0, 0.05) is 7.05 Å². The summed E-state index contributed by atoms with van der Waals surface area (Å²) in [5.41, 5.74) is 1.76. The minimum atomic E-state index is -0.0834. The van der Waals surface area contributed by atoms with Crippen molar-refractivity contribution in [3.05, 3.63) is 46.9 Å². The van der Waals surface area contributed by atoms with Gasteiger partial charge in [0.15, 0.2) is 0 Å². The van der Waals surface area contributed by atoms with Crippen LogP contribution in [-0.4, -0.2) is 10.5 Å². The minimum absolute atomic E-state index is 0.0834. The number of rotatable bonds is 3. The molecule has 0 radical (unpaired) electrons. The number of furan rings is 1. The number of amides is 1. The van der Waals surface area contributed by atoms with Crippen LogP contribution in [0.15, 0.2) is 34.1 Å². The Labute approximate surface area is 114 Å². The number of aryl methyl sites for hydroxylation is 2. The Kier molecular flexibility index (Phi) is 2.91. The SMILES string of the molecule is Cc1ccc(CNC(=O)c2cc3sccc3n2C)o1. The topological polar surface area (TPSA) is 47.2 Å². The summed E-state index contributed by atoms with van der Waals surface area (Å²) in [7, 11) is 1.90. The van der Waals surface area contributed by atoms with Crippen molar-refractivity contribution in [2.24, 2.45) is 7.05 Å². The molecule has 1 N–H and O–H groups in total. The average molecular weight is 274 g/mol. The van der Waals surface area contributed by atoms with E-state index in [2.05, 4.69) is 5.32 Å². The Balaban J connectivity index is 1.76. The Morgan fingerprint density at radius 1 is 1.42 bits per heavy atom. The third-order valence-corrected chi connectivity index (χ3v) is 3.97. The molecule has 0 aromatic carbocycles. The van der Waals surface area contributed by atoms with Crippen LogP contribution in [0.3, 0.4) is 0 Å². The van der Waals surface area contributed by atoms with Crippen molar-refractivity contribution >= 4 is 27.5 Å². The van der Waals surface area contributed by atoms with E-state index in [9.17, 15) is 4.79 Å². The van der Waals surface area contributed by atoms with Crippen molar-refractivity contribution in [3.63, 3.8) is 0 Å². The quantitative estimate of drug-likeness (QED) is 0.798. The van der Waals surface area contributed by atoms with Crippen LogP contribution >= 0.6 is 11.3 Å². The van der Waals surface area contributed by atoms with E-state index < -0.39 is 0 Å². The molecular weight excluding hydrogens is 260 g/mol. The Bertz CT molecular complexity index is 736. The van der Waals surface area contributed by atoms with Gasteiger partial charge in [-0.15, -0.1) is 11.3 Å². The largest absolute Gasteiger partial charge is 0.465 e. The van der Waals surface area contributed by atoms with Gasteiger partial charge in [-0.25, -0.2) is 0 Å². The highest BCUT2D eigenvalue weighted by Crippen LogP contribution is 2.24. The fourth-order valence-electron chi connectivity index (χ4n) is 2.11. The van der Waals surface area contributed by atoms with E-state index in [1.54, 1.807) is 11.3 Å². The first-order chi connectivity index (χ1) is 9.15. The first-order valence-corrected chi connectivity index (χ1v) is 6.89. The van der Waals surface area contributed by atoms with Gasteiger partial charge in [-0.3, -0.25) is 4.79 Å². The molecule has 0 atom stereocenters. The first kappa shape index (κ1) is 12.0. The zero-order valence-electron chi connectivity index (χ0n) is 10.8. The molecule has 19 heavy (non-hydrogen) atoms. The van der Waals surface area contributed by atoms with Crippen molar-refractivity contribution < 1.29 is 9.21 Å². The number of hydrogen-bond donors (Lipinski definition) is 1. The van der Waals surface area contributed by atoms with Gasteiger partial charge in [0.2, 0.25) is 0 Å². The molecule has 0 unspecified atom stereocenters. The van der Waals surface area contributed by atoms with Crippen LogP contribution in [0.5, 0.6) is 0 Å². The van der Waals surface area contributed by atoms with Crippen LogP contribution in [0.4, 0.5) is 0 Å². The van der Waals surface area contributed by atoms with E-state index in [4.69, 9.17) is 4.42 Å². The molecule has 0 aliphatic carbocycles. The Hall–Kier alpha value is -2.01. The molecule has 98 valence electrons. The molecule has 3 aromatic rings. The van der Waals surface area contributed by atoms with Gasteiger partial charge in [0.25, 0.3) is 5.91 Å². The van der Waals surface area contributed by atoms with Crippen molar-refractivity contribution in [1.29, 1.82) is 0 Å². The maximum absolute atomic E-state index is 12.1. The molecule has 0 saturated carbocycles. The maximum atomic E-state index is 12.1. The monoisotopic (exact) mass is 274 g/mol. The van der Waals surface area contributed by atoms with Crippen molar-refractivity contribution in [1.82, 2.24) is 9.88 Å². The molecule has 0 bridgehead atoms. The molecular formula is C14H14N2O2S. The van der Waals surface area contributed by atoms with Gasteiger partial charge in [0.1, 0.15) is 17.2 Å². The van der Waals surface area contributed by atoms with Crippen molar-refractivity contribution in [3.8, 4) is 0 Å². The molecule has 4 nitrogen and oxygen atoms in total. The lowest BCUT2D eigenvalue weighted by atomic mass is 10.3. The summed E-state index contributed by atoms with van der Waals surface area (Å²) >= 11 is 1.64. The summed E-state index contributed by atoms with van der Waals surface area (Å²) in [6.45, 7) is 2.29. The second-order valence-electron chi connectivity index (χ2n) is 4.45. The molecule has 3 heterocycles. The lowest BCUT2D eigenvalue weighted by Crippen LogP contribution is -2.24. The number of fused-ring (bicyclic) bond motifs is 1. The van der Waals surface area contributed by atoms with E-state index >= 15 is 0 Å². The van der Waals surface area contributed by atoms with E-state index in [1.165, 1.54) is 0 Å². The third kappa shape index (κ3) is 2.17. The number of carbonyl (C=O) groups excluding carboxylic acids is 1. The van der Waals surface area contributed by atoms with Crippen LogP contribution in [-0.2, 0) is 13.6 Å². The molecule has 0 fully saturated rings. The number of nitrogens with zero attached hydrogens (tertiary/aromatic N) is 1. The van der Waals surface area contributed by atoms with Gasteiger partial charge < -0.3 is 14.3 Å². The lowest BCUT2D eigenvalue weighted by Gasteiger charge is -2.04. The third-order valence-electron chi connectivity index (χ3n) is 3.12. The van der Waals surface area contributed by atoms with Crippen LogP contribution in [0, 0.1) is 6.92 Å². The highest BCUT2D eigenvalue weighted by molar-refractivity contribution is 7.17. The fraction of sp³-hybridized carbons (Fsp3) is 0.214. The average Bonchev–Trinajstić information content (AvgIpc) is 3.05. The minimum Gasteiger partial charge on any atom is -0.465 e. The second kappa shape index (κ2) is 4.59. The second-order valence-corrected chi connectivity index (χ2v) is 5.40. The number of nitrogens with one attached hydrogen (secondary N) is 1. The summed E-state index contributed by atoms with van der Waals surface area (Å²) in [6.07, 6.45) is 0. The van der Waals surface area contributed by atoms with Crippen LogP contribution in [0.25, 0.3) is 10.2 Å². The first-order valence-electron chi connectivity index (χ1n) is 6.01. The number of carbonyl (C=O) groups is 1. The molecule has 3 aromatic heterocycles. The summed E-state index contributed by atoms with van der Waals surface area (Å²) in [6, 6.07) is 7.70. The van der Waals surface area contributed by atoms with Gasteiger partial charge >= 0.3 is 0 Å². The zero-order chi connectivity index (χ0) is 13.4.